The highest BCUT2D eigenvalue weighted by atomic mass is 16.6. The molecule has 0 N–H and O–H groups in total. The molecule has 0 spiro atoms. The topological polar surface area (TPSA) is 85.4 Å². The number of carbonyl (C=O) groups excluding carboxylic acids is 3. The molecule has 0 bridgehead atoms. The Morgan fingerprint density at radius 2 is 1.78 bits per heavy atom. The first-order valence-electron chi connectivity index (χ1n) is 7.68. The Morgan fingerprint density at radius 1 is 1.13 bits per heavy atom. The summed E-state index contributed by atoms with van der Waals surface area (Å²) in [5, 5.41) is 2.46. The molecule has 1 heterocycles. The van der Waals surface area contributed by atoms with Gasteiger partial charge in [0, 0.05) is 6.42 Å². The van der Waals surface area contributed by atoms with E-state index in [4.69, 9.17) is 9.47 Å². The fourth-order valence-corrected chi connectivity index (χ4v) is 2.23. The molecule has 0 radical (unpaired) electrons. The van der Waals surface area contributed by atoms with Crippen LogP contribution in [0.4, 0.5) is 9.59 Å². The van der Waals surface area contributed by atoms with E-state index in [1.165, 1.54) is 17.1 Å². The molecule has 130 valence electrons. The summed E-state index contributed by atoms with van der Waals surface area (Å²) in [5.74, 6) is -0.310. The van der Waals surface area contributed by atoms with Crippen molar-refractivity contribution >= 4 is 18.2 Å². The number of amides is 2. The van der Waals surface area contributed by atoms with Gasteiger partial charge in [0.1, 0.15) is 0 Å². The second kappa shape index (κ2) is 9.70. The second-order valence-electron chi connectivity index (χ2n) is 4.79. The number of hydrogen-bond donors (Lipinski definition) is 0. The van der Waals surface area contributed by atoms with Crippen molar-refractivity contribution < 1.29 is 28.6 Å². The van der Waals surface area contributed by atoms with Crippen molar-refractivity contribution in [3.05, 3.63) is 12.2 Å². The lowest BCUT2D eigenvalue weighted by atomic mass is 10.1. The molecule has 1 rings (SSSR count). The molecule has 0 saturated carbocycles. The Morgan fingerprint density at radius 3 is 2.39 bits per heavy atom. The fraction of sp³-hybridized carbons (Fsp3) is 0.667. The van der Waals surface area contributed by atoms with Gasteiger partial charge < -0.3 is 14.2 Å². The van der Waals surface area contributed by atoms with Gasteiger partial charge in [-0.3, -0.25) is 4.79 Å². The van der Waals surface area contributed by atoms with Crippen molar-refractivity contribution in [2.45, 2.75) is 39.2 Å². The van der Waals surface area contributed by atoms with E-state index in [0.717, 1.165) is 0 Å². The van der Waals surface area contributed by atoms with Crippen molar-refractivity contribution in [1.29, 1.82) is 0 Å². The molecule has 23 heavy (non-hydrogen) atoms. The Labute approximate surface area is 135 Å². The van der Waals surface area contributed by atoms with Crippen molar-refractivity contribution in [3.63, 3.8) is 0 Å². The highest BCUT2D eigenvalue weighted by molar-refractivity contribution is 5.75. The first kappa shape index (κ1) is 18.8. The van der Waals surface area contributed by atoms with Crippen molar-refractivity contribution in [2.75, 3.05) is 26.9 Å². The molecule has 0 aromatic heterocycles. The van der Waals surface area contributed by atoms with Crippen LogP contribution in [0.5, 0.6) is 0 Å². The maximum absolute atomic E-state index is 12.2. The average molecular weight is 328 g/mol. The van der Waals surface area contributed by atoms with Crippen molar-refractivity contribution in [2.24, 2.45) is 0 Å². The highest BCUT2D eigenvalue weighted by Crippen LogP contribution is 2.20. The van der Waals surface area contributed by atoms with Gasteiger partial charge in [0.25, 0.3) is 0 Å². The van der Waals surface area contributed by atoms with Crippen LogP contribution in [0, 0.1) is 0 Å². The van der Waals surface area contributed by atoms with E-state index in [2.05, 4.69) is 4.74 Å². The van der Waals surface area contributed by atoms with Gasteiger partial charge in [-0.15, -0.1) is 0 Å². The number of hydrogen-bond acceptors (Lipinski definition) is 6. The number of rotatable bonds is 6. The molecule has 0 unspecified atom stereocenters. The molecule has 8 heteroatoms. The maximum atomic E-state index is 12.2. The molecule has 0 aliphatic carbocycles. The number of hydrazine groups is 1. The van der Waals surface area contributed by atoms with Crippen LogP contribution in [0.25, 0.3) is 0 Å². The Balaban J connectivity index is 2.81. The van der Waals surface area contributed by atoms with Crippen LogP contribution in [0.3, 0.4) is 0 Å². The average Bonchev–Trinajstić information content (AvgIpc) is 2.54. The third-order valence-electron chi connectivity index (χ3n) is 3.25. The second-order valence-corrected chi connectivity index (χ2v) is 4.79. The monoisotopic (exact) mass is 328 g/mol. The quantitative estimate of drug-likeness (QED) is 0.422. The van der Waals surface area contributed by atoms with Gasteiger partial charge in [-0.25, -0.2) is 19.6 Å². The molecule has 8 nitrogen and oxygen atoms in total. The molecular weight excluding hydrogens is 304 g/mol. The Bertz CT molecular complexity index is 451. The van der Waals surface area contributed by atoms with E-state index in [1.807, 2.05) is 6.08 Å². The number of carbonyl (C=O) groups is 3. The molecule has 0 saturated heterocycles. The molecular formula is C15H24N2O6. The molecule has 2 amide bonds. The smallest absolute Gasteiger partial charge is 0.429 e. The third kappa shape index (κ3) is 5.46. The van der Waals surface area contributed by atoms with Crippen LogP contribution in [-0.4, -0.2) is 61.1 Å². The van der Waals surface area contributed by atoms with Gasteiger partial charge in [-0.2, -0.15) is 0 Å². The molecule has 1 atom stereocenters. The van der Waals surface area contributed by atoms with E-state index in [0.29, 0.717) is 12.8 Å². The molecule has 0 fully saturated rings. The largest absolute Gasteiger partial charge is 0.469 e. The summed E-state index contributed by atoms with van der Waals surface area (Å²) in [7, 11) is 1.33. The van der Waals surface area contributed by atoms with Gasteiger partial charge in [-0.05, 0) is 26.7 Å². The van der Waals surface area contributed by atoms with Crippen LogP contribution < -0.4 is 0 Å². The SMILES string of the molecule is CCOC(=O)N1CC=C[C@@H](CCCC(=O)OC)N1C(=O)OCC. The Hall–Kier alpha value is -2.25. The summed E-state index contributed by atoms with van der Waals surface area (Å²) in [6.07, 6.45) is 3.65. The zero-order chi connectivity index (χ0) is 17.2. The molecule has 1 aliphatic rings. The minimum absolute atomic E-state index is 0.199. The first-order chi connectivity index (χ1) is 11.0. The normalized spacial score (nSPS) is 16.9. The number of methoxy groups -OCH3 is 1. The molecule has 0 aromatic carbocycles. The number of nitrogens with zero attached hydrogens (tertiary/aromatic N) is 2. The van der Waals surface area contributed by atoms with Crippen LogP contribution in [-0.2, 0) is 19.0 Å². The summed E-state index contributed by atoms with van der Waals surface area (Å²) in [5.41, 5.74) is 0. The number of esters is 1. The molecule has 0 aromatic rings. The van der Waals surface area contributed by atoms with E-state index < -0.39 is 12.2 Å². The summed E-state index contributed by atoms with van der Waals surface area (Å²) in [4.78, 5) is 35.4. The van der Waals surface area contributed by atoms with E-state index in [9.17, 15) is 14.4 Å². The van der Waals surface area contributed by atoms with Crippen LogP contribution >= 0.6 is 0 Å². The Kier molecular flexibility index (Phi) is 7.93. The minimum atomic E-state index is -0.618. The van der Waals surface area contributed by atoms with Gasteiger partial charge in [0.05, 0.1) is 32.9 Å². The maximum Gasteiger partial charge on any atom is 0.429 e. The van der Waals surface area contributed by atoms with E-state index in [-0.39, 0.29) is 38.2 Å². The van der Waals surface area contributed by atoms with E-state index >= 15 is 0 Å². The van der Waals surface area contributed by atoms with Crippen LogP contribution in [0.2, 0.25) is 0 Å². The predicted octanol–water partition coefficient (Wildman–Crippen LogP) is 2.10. The van der Waals surface area contributed by atoms with Crippen molar-refractivity contribution in [3.8, 4) is 0 Å². The zero-order valence-corrected chi connectivity index (χ0v) is 13.8. The predicted molar refractivity (Wildman–Crippen MR) is 81.4 cm³/mol. The standard InChI is InChI=1S/C15H24N2O6/c1-4-22-14(19)16-11-7-9-12(8-6-10-13(18)21-3)17(16)15(20)23-5-2/h7,9,12H,4-6,8,10-11H2,1-3H3/t12-/m1/s1. The van der Waals surface area contributed by atoms with E-state index in [1.54, 1.807) is 19.9 Å². The highest BCUT2D eigenvalue weighted by Gasteiger charge is 2.35. The summed E-state index contributed by atoms with van der Waals surface area (Å²) >= 11 is 0. The summed E-state index contributed by atoms with van der Waals surface area (Å²) < 4.78 is 14.6. The van der Waals surface area contributed by atoms with Gasteiger partial charge in [0.2, 0.25) is 0 Å². The number of ether oxygens (including phenoxy) is 3. The van der Waals surface area contributed by atoms with Gasteiger partial charge in [-0.1, -0.05) is 12.2 Å². The summed E-state index contributed by atoms with van der Waals surface area (Å²) in [6.45, 7) is 4.03. The van der Waals surface area contributed by atoms with Crippen LogP contribution in [0.1, 0.15) is 33.1 Å². The third-order valence-corrected chi connectivity index (χ3v) is 3.25. The van der Waals surface area contributed by atoms with Gasteiger partial charge in [0.15, 0.2) is 0 Å². The minimum Gasteiger partial charge on any atom is -0.469 e. The fourth-order valence-electron chi connectivity index (χ4n) is 2.23. The lowest BCUT2D eigenvalue weighted by Crippen LogP contribution is -2.56. The lowest BCUT2D eigenvalue weighted by Gasteiger charge is -2.39. The van der Waals surface area contributed by atoms with Gasteiger partial charge >= 0.3 is 18.2 Å². The van der Waals surface area contributed by atoms with Crippen LogP contribution in [0.15, 0.2) is 12.2 Å². The molecule has 1 aliphatic heterocycles. The lowest BCUT2D eigenvalue weighted by molar-refractivity contribution is -0.140. The van der Waals surface area contributed by atoms with Crippen molar-refractivity contribution in [1.82, 2.24) is 10.0 Å². The summed E-state index contributed by atoms with van der Waals surface area (Å²) in [6, 6.07) is -0.378. The first-order valence-corrected chi connectivity index (χ1v) is 7.68. The zero-order valence-electron chi connectivity index (χ0n) is 13.8.